The van der Waals surface area contributed by atoms with Gasteiger partial charge >= 0.3 is 5.97 Å². The molecular formula is C11H22O8. The van der Waals surface area contributed by atoms with Crippen LogP contribution in [0.1, 0.15) is 41.5 Å². The van der Waals surface area contributed by atoms with E-state index in [0.29, 0.717) is 0 Å². The summed E-state index contributed by atoms with van der Waals surface area (Å²) in [6, 6.07) is 0. The van der Waals surface area contributed by atoms with Gasteiger partial charge < -0.3 is 20.4 Å². The van der Waals surface area contributed by atoms with Crippen molar-refractivity contribution in [1.82, 2.24) is 0 Å². The van der Waals surface area contributed by atoms with Gasteiger partial charge in [0.1, 0.15) is 0 Å². The second-order valence-corrected chi connectivity index (χ2v) is 4.11. The predicted molar refractivity (Wildman–Crippen MR) is 67.0 cm³/mol. The fourth-order valence-corrected chi connectivity index (χ4v) is 0. The van der Waals surface area contributed by atoms with E-state index in [1.807, 2.05) is 0 Å². The van der Waals surface area contributed by atoms with Crippen molar-refractivity contribution in [3.63, 3.8) is 0 Å². The maximum absolute atomic E-state index is 10.0. The molecule has 0 saturated carbocycles. The van der Waals surface area contributed by atoms with Crippen molar-refractivity contribution < 1.29 is 39.6 Å². The molecular weight excluding hydrogens is 260 g/mol. The lowest BCUT2D eigenvalue weighted by molar-refractivity contribution is -0.146. The van der Waals surface area contributed by atoms with Gasteiger partial charge in [0.15, 0.2) is 0 Å². The first-order valence-electron chi connectivity index (χ1n) is 4.96. The Labute approximate surface area is 111 Å². The van der Waals surface area contributed by atoms with Crippen molar-refractivity contribution in [2.75, 3.05) is 0 Å². The molecule has 0 aromatic rings. The van der Waals surface area contributed by atoms with Crippen molar-refractivity contribution in [3.05, 3.63) is 0 Å². The Morgan fingerprint density at radius 2 is 0.684 bits per heavy atom. The second-order valence-electron chi connectivity index (χ2n) is 4.11. The number of carboxylic acid groups (broad SMARTS) is 4. The third kappa shape index (κ3) is 203. The Hall–Kier alpha value is -2.12. The van der Waals surface area contributed by atoms with Crippen LogP contribution >= 0.6 is 0 Å². The molecule has 0 unspecified atom stereocenters. The highest BCUT2D eigenvalue weighted by Crippen LogP contribution is 2.11. The SMILES string of the molecule is CC(=O)O.CC(=O)O.CC(=O)O.CC(C)(C)C(=O)O. The molecule has 0 aliphatic rings. The van der Waals surface area contributed by atoms with Crippen LogP contribution in [0, 0.1) is 5.41 Å². The Bertz CT molecular complexity index is 247. The maximum Gasteiger partial charge on any atom is 0.308 e. The lowest BCUT2D eigenvalue weighted by Crippen LogP contribution is -2.18. The van der Waals surface area contributed by atoms with Crippen LogP contribution in [0.25, 0.3) is 0 Å². The summed E-state index contributed by atoms with van der Waals surface area (Å²) in [7, 11) is 0. The zero-order chi connectivity index (χ0) is 16.8. The van der Waals surface area contributed by atoms with Crippen molar-refractivity contribution in [2.24, 2.45) is 5.41 Å². The van der Waals surface area contributed by atoms with E-state index in [1.54, 1.807) is 20.8 Å². The molecule has 114 valence electrons. The van der Waals surface area contributed by atoms with Gasteiger partial charge in [-0.05, 0) is 20.8 Å². The number of hydrogen-bond donors (Lipinski definition) is 4. The Balaban J connectivity index is -0.0000000825. The fraction of sp³-hybridized carbons (Fsp3) is 0.636. The Morgan fingerprint density at radius 3 is 0.684 bits per heavy atom. The third-order valence-electron chi connectivity index (χ3n) is 0.642. The average molecular weight is 282 g/mol. The number of hydrogen-bond acceptors (Lipinski definition) is 4. The summed E-state index contributed by atoms with van der Waals surface area (Å²) >= 11 is 0. The van der Waals surface area contributed by atoms with Crippen LogP contribution < -0.4 is 0 Å². The normalized spacial score (nSPS) is 8.11. The van der Waals surface area contributed by atoms with E-state index in [2.05, 4.69) is 0 Å². The zero-order valence-corrected chi connectivity index (χ0v) is 11.9. The lowest BCUT2D eigenvalue weighted by atomic mass is 9.98. The zero-order valence-electron chi connectivity index (χ0n) is 11.9. The van der Waals surface area contributed by atoms with Crippen molar-refractivity contribution in [2.45, 2.75) is 41.5 Å². The minimum absolute atomic E-state index is 0.583. The Morgan fingerprint density at radius 1 is 0.632 bits per heavy atom. The second kappa shape index (κ2) is 13.9. The van der Waals surface area contributed by atoms with Gasteiger partial charge in [-0.3, -0.25) is 19.2 Å². The van der Waals surface area contributed by atoms with E-state index < -0.39 is 29.3 Å². The molecule has 4 N–H and O–H groups in total. The monoisotopic (exact) mass is 282 g/mol. The number of carboxylic acids is 4. The minimum atomic E-state index is -0.833. The van der Waals surface area contributed by atoms with E-state index in [9.17, 15) is 4.79 Å². The fourth-order valence-electron chi connectivity index (χ4n) is 0. The van der Waals surface area contributed by atoms with Crippen LogP contribution in [0.5, 0.6) is 0 Å². The van der Waals surface area contributed by atoms with Crippen LogP contribution in [0.4, 0.5) is 0 Å². The number of rotatable bonds is 0. The molecule has 8 nitrogen and oxygen atoms in total. The number of carbonyl (C=O) groups is 4. The molecule has 0 aromatic heterocycles. The predicted octanol–water partition coefficient (Wildman–Crippen LogP) is 1.39. The Kier molecular flexibility index (Phi) is 18.8. The smallest absolute Gasteiger partial charge is 0.308 e. The van der Waals surface area contributed by atoms with Crippen LogP contribution in [0.2, 0.25) is 0 Å². The van der Waals surface area contributed by atoms with Gasteiger partial charge in [0, 0.05) is 20.8 Å². The summed E-state index contributed by atoms with van der Waals surface area (Å²) in [4.78, 5) is 37.0. The van der Waals surface area contributed by atoms with Gasteiger partial charge in [0.05, 0.1) is 5.41 Å². The summed E-state index contributed by atoms with van der Waals surface area (Å²) in [5.41, 5.74) is -0.583. The molecule has 0 fully saturated rings. The summed E-state index contributed by atoms with van der Waals surface area (Å²) in [5, 5.41) is 30.5. The molecule has 0 atom stereocenters. The van der Waals surface area contributed by atoms with Gasteiger partial charge in [-0.15, -0.1) is 0 Å². The molecule has 0 rings (SSSR count). The van der Waals surface area contributed by atoms with Gasteiger partial charge in [0.2, 0.25) is 0 Å². The summed E-state index contributed by atoms with van der Waals surface area (Å²) in [6.45, 7) is 8.24. The van der Waals surface area contributed by atoms with Crippen LogP contribution in [0.15, 0.2) is 0 Å². The first-order valence-corrected chi connectivity index (χ1v) is 4.96. The van der Waals surface area contributed by atoms with Crippen LogP contribution in [-0.2, 0) is 19.2 Å². The highest BCUT2D eigenvalue weighted by molar-refractivity contribution is 5.72. The summed E-state index contributed by atoms with van der Waals surface area (Å²) < 4.78 is 0. The van der Waals surface area contributed by atoms with Crippen molar-refractivity contribution >= 4 is 23.9 Å². The molecule has 0 aliphatic carbocycles. The molecule has 0 heterocycles. The number of aliphatic carboxylic acids is 4. The molecule has 8 heteroatoms. The quantitative estimate of drug-likeness (QED) is 0.520. The summed E-state index contributed by atoms with van der Waals surface area (Å²) in [5.74, 6) is -3.26. The molecule has 0 amide bonds. The van der Waals surface area contributed by atoms with Gasteiger partial charge in [-0.25, -0.2) is 0 Å². The van der Waals surface area contributed by atoms with E-state index in [-0.39, 0.29) is 0 Å². The highest BCUT2D eigenvalue weighted by Gasteiger charge is 2.18. The first-order chi connectivity index (χ1) is 8.14. The van der Waals surface area contributed by atoms with Gasteiger partial charge in [-0.1, -0.05) is 0 Å². The lowest BCUT2D eigenvalue weighted by Gasteiger charge is -2.08. The van der Waals surface area contributed by atoms with Crippen molar-refractivity contribution in [3.8, 4) is 0 Å². The largest absolute Gasteiger partial charge is 0.481 e. The van der Waals surface area contributed by atoms with E-state index in [1.165, 1.54) is 0 Å². The summed E-state index contributed by atoms with van der Waals surface area (Å²) in [6.07, 6.45) is 0. The molecule has 0 spiro atoms. The van der Waals surface area contributed by atoms with Crippen LogP contribution in [0.3, 0.4) is 0 Å². The molecule has 0 radical (unpaired) electrons. The van der Waals surface area contributed by atoms with Gasteiger partial charge in [-0.2, -0.15) is 0 Å². The standard InChI is InChI=1S/C5H10O2.3C2H4O2/c1-5(2,3)4(6)7;3*1-2(3)4/h1-3H3,(H,6,7);3*1H3,(H,3,4). The molecule has 0 bridgehead atoms. The molecule has 19 heavy (non-hydrogen) atoms. The van der Waals surface area contributed by atoms with E-state index in [0.717, 1.165) is 20.8 Å². The maximum atomic E-state index is 10.0. The highest BCUT2D eigenvalue weighted by atomic mass is 16.4. The van der Waals surface area contributed by atoms with E-state index in [4.69, 9.17) is 34.8 Å². The van der Waals surface area contributed by atoms with E-state index >= 15 is 0 Å². The minimum Gasteiger partial charge on any atom is -0.481 e. The molecule has 0 saturated heterocycles. The first kappa shape index (κ1) is 25.7. The molecule has 0 aliphatic heterocycles. The topological polar surface area (TPSA) is 149 Å². The van der Waals surface area contributed by atoms with Crippen molar-refractivity contribution in [1.29, 1.82) is 0 Å². The molecule has 0 aromatic carbocycles. The van der Waals surface area contributed by atoms with Crippen LogP contribution in [-0.4, -0.2) is 44.3 Å². The average Bonchev–Trinajstić information content (AvgIpc) is 1.96. The van der Waals surface area contributed by atoms with Gasteiger partial charge in [0.25, 0.3) is 17.9 Å². The third-order valence-corrected chi connectivity index (χ3v) is 0.642.